The van der Waals surface area contributed by atoms with Gasteiger partial charge < -0.3 is 15.2 Å². The third-order valence-electron chi connectivity index (χ3n) is 2.57. The molecule has 0 heterocycles. The summed E-state index contributed by atoms with van der Waals surface area (Å²) >= 11 is 0. The van der Waals surface area contributed by atoms with E-state index in [2.05, 4.69) is 4.74 Å². The van der Waals surface area contributed by atoms with Crippen LogP contribution in [0.1, 0.15) is 12.0 Å². The van der Waals surface area contributed by atoms with E-state index in [0.717, 1.165) is 12.1 Å². The Kier molecular flexibility index (Phi) is 6.28. The average molecular weight is 341 g/mol. The molecule has 0 aromatic heterocycles. The van der Waals surface area contributed by atoms with Gasteiger partial charge in [0.1, 0.15) is 11.8 Å². The molecule has 0 aliphatic carbocycles. The number of benzene rings is 1. The monoisotopic (exact) mass is 341 g/mol. The first kappa shape index (κ1) is 18.7. The molecule has 0 radical (unpaired) electrons. The second-order valence-electron chi connectivity index (χ2n) is 4.45. The number of amides is 1. The number of carbonyl (C=O) groups excluding carboxylic acids is 1. The van der Waals surface area contributed by atoms with Crippen LogP contribution in [0.3, 0.4) is 0 Å². The molecule has 128 valence electrons. The van der Waals surface area contributed by atoms with Crippen molar-refractivity contribution in [3.8, 4) is 5.75 Å². The van der Waals surface area contributed by atoms with Crippen LogP contribution in [0, 0.1) is 0 Å². The topological polar surface area (TPSA) is 75.6 Å². The Bertz CT molecular complexity index is 544. The van der Waals surface area contributed by atoms with E-state index >= 15 is 0 Å². The SMILES string of the molecule is O=C(Cc1ccc(OC(F)(F)F)cc1)NC(CC(F)F)C(=O)O. The van der Waals surface area contributed by atoms with Crippen molar-refractivity contribution in [3.05, 3.63) is 29.8 Å². The molecular formula is C13H12F5NO4. The molecule has 1 unspecified atom stereocenters. The normalized spacial score (nSPS) is 12.8. The van der Waals surface area contributed by atoms with Crippen molar-refractivity contribution < 1.29 is 41.4 Å². The molecule has 10 heteroatoms. The lowest BCUT2D eigenvalue weighted by molar-refractivity contribution is -0.274. The van der Waals surface area contributed by atoms with E-state index in [1.54, 1.807) is 0 Å². The molecular weight excluding hydrogens is 329 g/mol. The fourth-order valence-electron chi connectivity index (χ4n) is 1.64. The summed E-state index contributed by atoms with van der Waals surface area (Å²) in [4.78, 5) is 22.3. The predicted molar refractivity (Wildman–Crippen MR) is 67.0 cm³/mol. The van der Waals surface area contributed by atoms with Gasteiger partial charge in [-0.05, 0) is 17.7 Å². The highest BCUT2D eigenvalue weighted by Gasteiger charge is 2.31. The molecule has 2 N–H and O–H groups in total. The maximum Gasteiger partial charge on any atom is 0.573 e. The zero-order valence-electron chi connectivity index (χ0n) is 11.4. The average Bonchev–Trinajstić information content (AvgIpc) is 2.38. The molecule has 0 bridgehead atoms. The third kappa shape index (κ3) is 7.43. The van der Waals surface area contributed by atoms with Crippen LogP contribution in [-0.4, -0.2) is 35.8 Å². The Morgan fingerprint density at radius 1 is 1.17 bits per heavy atom. The standard InChI is InChI=1S/C13H12F5NO4/c14-10(15)6-9(12(21)22)19-11(20)5-7-1-3-8(4-2-7)23-13(16,17)18/h1-4,9-10H,5-6H2,(H,19,20)(H,21,22). The van der Waals surface area contributed by atoms with Crippen molar-refractivity contribution in [1.29, 1.82) is 0 Å². The molecule has 0 saturated carbocycles. The van der Waals surface area contributed by atoms with E-state index in [0.29, 0.717) is 0 Å². The van der Waals surface area contributed by atoms with E-state index < -0.39 is 42.9 Å². The van der Waals surface area contributed by atoms with Crippen LogP contribution in [0.4, 0.5) is 22.0 Å². The van der Waals surface area contributed by atoms with Gasteiger partial charge >= 0.3 is 12.3 Å². The Morgan fingerprint density at radius 3 is 2.17 bits per heavy atom. The van der Waals surface area contributed by atoms with E-state index in [9.17, 15) is 31.5 Å². The summed E-state index contributed by atoms with van der Waals surface area (Å²) in [7, 11) is 0. The van der Waals surface area contributed by atoms with Gasteiger partial charge in [0.25, 0.3) is 0 Å². The number of carboxylic acids is 1. The van der Waals surface area contributed by atoms with Gasteiger partial charge in [0.05, 0.1) is 6.42 Å². The molecule has 1 amide bonds. The lowest BCUT2D eigenvalue weighted by Crippen LogP contribution is -2.42. The summed E-state index contributed by atoms with van der Waals surface area (Å²) in [5, 5.41) is 10.6. The number of aliphatic carboxylic acids is 1. The van der Waals surface area contributed by atoms with Crippen LogP contribution < -0.4 is 10.1 Å². The maximum atomic E-state index is 12.2. The summed E-state index contributed by atoms with van der Waals surface area (Å²) < 4.78 is 63.9. The van der Waals surface area contributed by atoms with Crippen LogP contribution in [0.2, 0.25) is 0 Å². The fourth-order valence-corrected chi connectivity index (χ4v) is 1.64. The van der Waals surface area contributed by atoms with Crippen LogP contribution in [0.25, 0.3) is 0 Å². The molecule has 0 saturated heterocycles. The van der Waals surface area contributed by atoms with Crippen molar-refractivity contribution in [2.45, 2.75) is 31.7 Å². The first-order valence-corrected chi connectivity index (χ1v) is 6.22. The number of carboxylic acid groups (broad SMARTS) is 1. The van der Waals surface area contributed by atoms with Gasteiger partial charge in [-0.2, -0.15) is 0 Å². The summed E-state index contributed by atoms with van der Waals surface area (Å²) in [6.45, 7) is 0. The predicted octanol–water partition coefficient (Wildman–Crippen LogP) is 2.35. The van der Waals surface area contributed by atoms with Gasteiger partial charge in [-0.3, -0.25) is 4.79 Å². The van der Waals surface area contributed by atoms with Gasteiger partial charge in [-0.15, -0.1) is 13.2 Å². The number of ether oxygens (including phenoxy) is 1. The summed E-state index contributed by atoms with van der Waals surface area (Å²) in [6.07, 6.45) is -9.17. The Balaban J connectivity index is 2.61. The molecule has 1 aromatic rings. The largest absolute Gasteiger partial charge is 0.573 e. The number of hydrogen-bond donors (Lipinski definition) is 2. The number of nitrogens with one attached hydrogen (secondary N) is 1. The van der Waals surface area contributed by atoms with Gasteiger partial charge in [0.15, 0.2) is 0 Å². The van der Waals surface area contributed by atoms with Crippen LogP contribution in [-0.2, 0) is 16.0 Å². The molecule has 0 aliphatic heterocycles. The number of alkyl halides is 5. The molecule has 0 fully saturated rings. The fraction of sp³-hybridized carbons (Fsp3) is 0.385. The molecule has 5 nitrogen and oxygen atoms in total. The Labute approximate surface area is 127 Å². The third-order valence-corrected chi connectivity index (χ3v) is 2.57. The van der Waals surface area contributed by atoms with Crippen molar-refractivity contribution >= 4 is 11.9 Å². The quantitative estimate of drug-likeness (QED) is 0.747. The molecule has 1 atom stereocenters. The lowest BCUT2D eigenvalue weighted by Gasteiger charge is -2.14. The Hall–Kier alpha value is -2.39. The maximum absolute atomic E-state index is 12.2. The minimum absolute atomic E-state index is 0.262. The molecule has 1 aromatic carbocycles. The minimum Gasteiger partial charge on any atom is -0.480 e. The molecule has 0 aliphatic rings. The smallest absolute Gasteiger partial charge is 0.480 e. The lowest BCUT2D eigenvalue weighted by atomic mass is 10.1. The molecule has 23 heavy (non-hydrogen) atoms. The van der Waals surface area contributed by atoms with E-state index in [-0.39, 0.29) is 12.0 Å². The summed E-state index contributed by atoms with van der Waals surface area (Å²) in [5.74, 6) is -2.93. The second-order valence-corrected chi connectivity index (χ2v) is 4.45. The number of halogens is 5. The highest BCUT2D eigenvalue weighted by molar-refractivity contribution is 5.84. The zero-order chi connectivity index (χ0) is 17.6. The van der Waals surface area contributed by atoms with Gasteiger partial charge in [0, 0.05) is 6.42 Å². The second kappa shape index (κ2) is 7.75. The van der Waals surface area contributed by atoms with Gasteiger partial charge in [-0.1, -0.05) is 12.1 Å². The number of rotatable bonds is 7. The Morgan fingerprint density at radius 2 is 1.74 bits per heavy atom. The first-order valence-electron chi connectivity index (χ1n) is 6.22. The van der Waals surface area contributed by atoms with E-state index in [1.165, 1.54) is 12.1 Å². The van der Waals surface area contributed by atoms with Crippen LogP contribution >= 0.6 is 0 Å². The minimum atomic E-state index is -4.84. The summed E-state index contributed by atoms with van der Waals surface area (Å²) in [6, 6.07) is 2.55. The number of hydrogen-bond acceptors (Lipinski definition) is 3. The van der Waals surface area contributed by atoms with Gasteiger partial charge in [0.2, 0.25) is 12.3 Å². The van der Waals surface area contributed by atoms with Gasteiger partial charge in [-0.25, -0.2) is 13.6 Å². The van der Waals surface area contributed by atoms with Crippen molar-refractivity contribution in [2.24, 2.45) is 0 Å². The van der Waals surface area contributed by atoms with Crippen molar-refractivity contribution in [1.82, 2.24) is 5.32 Å². The van der Waals surface area contributed by atoms with Crippen LogP contribution in [0.15, 0.2) is 24.3 Å². The highest BCUT2D eigenvalue weighted by atomic mass is 19.4. The number of carbonyl (C=O) groups is 2. The van der Waals surface area contributed by atoms with E-state index in [1.807, 2.05) is 5.32 Å². The highest BCUT2D eigenvalue weighted by Crippen LogP contribution is 2.22. The zero-order valence-corrected chi connectivity index (χ0v) is 11.4. The molecule has 1 rings (SSSR count). The van der Waals surface area contributed by atoms with Crippen LogP contribution in [0.5, 0.6) is 5.75 Å². The first-order chi connectivity index (χ1) is 10.6. The van der Waals surface area contributed by atoms with Crippen molar-refractivity contribution in [3.63, 3.8) is 0 Å². The molecule has 0 spiro atoms. The van der Waals surface area contributed by atoms with Crippen molar-refractivity contribution in [2.75, 3.05) is 0 Å². The van der Waals surface area contributed by atoms with E-state index in [4.69, 9.17) is 5.11 Å². The summed E-state index contributed by atoms with van der Waals surface area (Å²) in [5.41, 5.74) is 0.262.